The molecule has 7 nitrogen and oxygen atoms in total. The zero-order valence-electron chi connectivity index (χ0n) is 17.3. The van der Waals surface area contributed by atoms with Crippen LogP contribution in [0.15, 0.2) is 4.99 Å². The summed E-state index contributed by atoms with van der Waals surface area (Å²) in [5.74, 6) is 1.43. The summed E-state index contributed by atoms with van der Waals surface area (Å²) in [5.41, 5.74) is 3.67. The zero-order valence-corrected chi connectivity index (χ0v) is 17.3. The zero-order chi connectivity index (χ0) is 19.1. The van der Waals surface area contributed by atoms with Gasteiger partial charge in [0.25, 0.3) is 0 Å². The Kier molecular flexibility index (Phi) is 7.90. The van der Waals surface area contributed by atoms with Gasteiger partial charge in [-0.2, -0.15) is 5.10 Å². The van der Waals surface area contributed by atoms with Gasteiger partial charge in [-0.25, -0.2) is 0 Å². The summed E-state index contributed by atoms with van der Waals surface area (Å²) in [7, 11) is 3.83. The molecule has 1 aromatic rings. The summed E-state index contributed by atoms with van der Waals surface area (Å²) in [6.45, 7) is 14.5. The summed E-state index contributed by atoms with van der Waals surface area (Å²) >= 11 is 0. The number of hydrogen-bond donors (Lipinski definition) is 2. The molecule has 2 atom stereocenters. The van der Waals surface area contributed by atoms with Crippen LogP contribution in [-0.2, 0) is 18.2 Å². The van der Waals surface area contributed by atoms with Crippen LogP contribution < -0.4 is 10.6 Å². The minimum Gasteiger partial charge on any atom is -0.379 e. The first-order chi connectivity index (χ1) is 12.4. The van der Waals surface area contributed by atoms with Gasteiger partial charge in [-0.05, 0) is 38.7 Å². The fourth-order valence-corrected chi connectivity index (χ4v) is 3.46. The molecule has 2 unspecified atom stereocenters. The van der Waals surface area contributed by atoms with Crippen molar-refractivity contribution in [2.75, 3.05) is 46.4 Å². The second-order valence-corrected chi connectivity index (χ2v) is 7.49. The van der Waals surface area contributed by atoms with Crippen LogP contribution in [0.5, 0.6) is 0 Å². The second kappa shape index (κ2) is 9.92. The number of nitrogens with one attached hydrogen (secondary N) is 2. The van der Waals surface area contributed by atoms with Crippen molar-refractivity contribution >= 4 is 5.96 Å². The minimum atomic E-state index is 0.289. The first kappa shape index (κ1) is 20.7. The fourth-order valence-electron chi connectivity index (χ4n) is 3.46. The Balaban J connectivity index is 1.77. The average Bonchev–Trinajstić information content (AvgIpc) is 2.85. The third kappa shape index (κ3) is 5.99. The maximum atomic E-state index is 5.42. The molecule has 0 bridgehead atoms. The molecule has 1 saturated heterocycles. The van der Waals surface area contributed by atoms with Gasteiger partial charge in [-0.3, -0.25) is 14.6 Å². The predicted octanol–water partition coefficient (Wildman–Crippen LogP) is 1.10. The number of hydrogen-bond acceptors (Lipinski definition) is 4. The highest BCUT2D eigenvalue weighted by atomic mass is 16.5. The SMILES string of the molecule is CN=C(NCC(C)CN1CCOCC1)NC(C)Cc1c(C)nn(C)c1C. The largest absolute Gasteiger partial charge is 0.379 e. The van der Waals surface area contributed by atoms with Gasteiger partial charge in [0.2, 0.25) is 0 Å². The number of guanidine groups is 1. The number of ether oxygens (including phenoxy) is 1. The predicted molar refractivity (Wildman–Crippen MR) is 107 cm³/mol. The van der Waals surface area contributed by atoms with Crippen molar-refractivity contribution in [3.05, 3.63) is 17.0 Å². The molecule has 2 rings (SSSR count). The van der Waals surface area contributed by atoms with Crippen LogP contribution in [0.25, 0.3) is 0 Å². The van der Waals surface area contributed by atoms with Gasteiger partial charge in [-0.1, -0.05) is 6.92 Å². The van der Waals surface area contributed by atoms with Gasteiger partial charge >= 0.3 is 0 Å². The second-order valence-electron chi connectivity index (χ2n) is 7.49. The van der Waals surface area contributed by atoms with Crippen molar-refractivity contribution in [2.45, 2.75) is 40.2 Å². The Morgan fingerprint density at radius 2 is 1.96 bits per heavy atom. The smallest absolute Gasteiger partial charge is 0.191 e. The van der Waals surface area contributed by atoms with E-state index < -0.39 is 0 Å². The molecule has 0 radical (unpaired) electrons. The Labute approximate surface area is 158 Å². The van der Waals surface area contributed by atoms with Gasteiger partial charge in [0.15, 0.2) is 5.96 Å². The van der Waals surface area contributed by atoms with E-state index in [0.717, 1.165) is 57.5 Å². The fraction of sp³-hybridized carbons (Fsp3) is 0.789. The Bertz CT molecular complexity index is 591. The Morgan fingerprint density at radius 3 is 2.54 bits per heavy atom. The van der Waals surface area contributed by atoms with Crippen LogP contribution >= 0.6 is 0 Å². The van der Waals surface area contributed by atoms with Gasteiger partial charge in [0.1, 0.15) is 0 Å². The first-order valence-corrected chi connectivity index (χ1v) is 9.67. The van der Waals surface area contributed by atoms with Crippen LogP contribution in [-0.4, -0.2) is 73.1 Å². The molecule has 0 saturated carbocycles. The van der Waals surface area contributed by atoms with Crippen LogP contribution in [0.2, 0.25) is 0 Å². The van der Waals surface area contributed by atoms with E-state index in [-0.39, 0.29) is 6.04 Å². The highest BCUT2D eigenvalue weighted by molar-refractivity contribution is 5.79. The molecule has 2 heterocycles. The van der Waals surface area contributed by atoms with E-state index in [4.69, 9.17) is 4.74 Å². The number of aromatic nitrogens is 2. The Morgan fingerprint density at radius 1 is 1.27 bits per heavy atom. The highest BCUT2D eigenvalue weighted by Crippen LogP contribution is 2.14. The summed E-state index contributed by atoms with van der Waals surface area (Å²) < 4.78 is 7.37. The lowest BCUT2D eigenvalue weighted by molar-refractivity contribution is 0.0320. The summed E-state index contributed by atoms with van der Waals surface area (Å²) in [6.07, 6.45) is 0.940. The molecular weight excluding hydrogens is 328 g/mol. The summed E-state index contributed by atoms with van der Waals surface area (Å²) in [4.78, 5) is 6.85. The summed E-state index contributed by atoms with van der Waals surface area (Å²) in [6, 6.07) is 0.289. The number of aryl methyl sites for hydroxylation is 2. The molecule has 1 aromatic heterocycles. The lowest BCUT2D eigenvalue weighted by Gasteiger charge is -2.29. The lowest BCUT2D eigenvalue weighted by atomic mass is 10.1. The molecule has 1 aliphatic rings. The van der Waals surface area contributed by atoms with Gasteiger partial charge in [0, 0.05) is 52.0 Å². The first-order valence-electron chi connectivity index (χ1n) is 9.67. The van der Waals surface area contributed by atoms with Crippen molar-refractivity contribution in [2.24, 2.45) is 18.0 Å². The molecule has 0 aliphatic carbocycles. The number of aliphatic imine (C=N–C) groups is 1. The average molecular weight is 365 g/mol. The monoisotopic (exact) mass is 364 g/mol. The third-order valence-electron chi connectivity index (χ3n) is 5.07. The Hall–Kier alpha value is -1.60. The molecule has 7 heteroatoms. The van der Waals surface area contributed by atoms with Crippen LogP contribution in [0.4, 0.5) is 0 Å². The van der Waals surface area contributed by atoms with Crippen molar-refractivity contribution in [1.82, 2.24) is 25.3 Å². The molecule has 0 aromatic carbocycles. The van der Waals surface area contributed by atoms with Crippen LogP contribution in [0.3, 0.4) is 0 Å². The van der Waals surface area contributed by atoms with Gasteiger partial charge in [-0.15, -0.1) is 0 Å². The number of morpholine rings is 1. The molecular formula is C19H36N6O. The van der Waals surface area contributed by atoms with Gasteiger partial charge in [0.05, 0.1) is 18.9 Å². The van der Waals surface area contributed by atoms with Crippen molar-refractivity contribution < 1.29 is 4.74 Å². The van der Waals surface area contributed by atoms with E-state index in [9.17, 15) is 0 Å². The normalized spacial score (nSPS) is 18.6. The van der Waals surface area contributed by atoms with E-state index in [0.29, 0.717) is 5.92 Å². The molecule has 1 aliphatic heterocycles. The molecule has 0 amide bonds. The quantitative estimate of drug-likeness (QED) is 0.560. The minimum absolute atomic E-state index is 0.289. The topological polar surface area (TPSA) is 66.7 Å². The van der Waals surface area contributed by atoms with E-state index in [1.807, 2.05) is 18.8 Å². The van der Waals surface area contributed by atoms with Crippen molar-refractivity contribution in [3.8, 4) is 0 Å². The van der Waals surface area contributed by atoms with E-state index in [1.165, 1.54) is 11.3 Å². The summed E-state index contributed by atoms with van der Waals surface area (Å²) in [5, 5.41) is 11.5. The van der Waals surface area contributed by atoms with E-state index in [2.05, 4.69) is 53.3 Å². The van der Waals surface area contributed by atoms with E-state index >= 15 is 0 Å². The van der Waals surface area contributed by atoms with Gasteiger partial charge < -0.3 is 15.4 Å². The number of nitrogens with zero attached hydrogens (tertiary/aromatic N) is 4. The third-order valence-corrected chi connectivity index (χ3v) is 5.07. The van der Waals surface area contributed by atoms with Crippen molar-refractivity contribution in [3.63, 3.8) is 0 Å². The maximum Gasteiger partial charge on any atom is 0.191 e. The standard InChI is InChI=1S/C19H36N6O/c1-14(13-25-7-9-26-10-8-25)12-21-19(20-5)22-15(2)11-18-16(3)23-24(6)17(18)4/h14-15H,7-13H2,1-6H3,(H2,20,21,22). The molecule has 2 N–H and O–H groups in total. The molecule has 148 valence electrons. The van der Waals surface area contributed by atoms with Crippen LogP contribution in [0.1, 0.15) is 30.8 Å². The van der Waals surface area contributed by atoms with E-state index in [1.54, 1.807) is 0 Å². The highest BCUT2D eigenvalue weighted by Gasteiger charge is 2.16. The van der Waals surface area contributed by atoms with Crippen molar-refractivity contribution in [1.29, 1.82) is 0 Å². The lowest BCUT2D eigenvalue weighted by Crippen LogP contribution is -2.46. The maximum absolute atomic E-state index is 5.42. The molecule has 1 fully saturated rings. The molecule has 0 spiro atoms. The number of rotatable bonds is 7. The molecule has 26 heavy (non-hydrogen) atoms. The van der Waals surface area contributed by atoms with Crippen LogP contribution in [0, 0.1) is 19.8 Å².